The van der Waals surface area contributed by atoms with E-state index >= 15 is 0 Å². The molecule has 0 fully saturated rings. The van der Waals surface area contributed by atoms with Crippen LogP contribution in [0.5, 0.6) is 0 Å². The molecular formula is C15H17N3O2. The first-order valence-electron chi connectivity index (χ1n) is 6.46. The molecule has 0 saturated heterocycles. The molecular weight excluding hydrogens is 254 g/mol. The predicted octanol–water partition coefficient (Wildman–Crippen LogP) is 3.82. The molecule has 2 aromatic rings. The minimum atomic E-state index is -0.405. The zero-order valence-electron chi connectivity index (χ0n) is 11.8. The molecule has 1 aromatic carbocycles. The molecule has 0 aliphatic heterocycles. The summed E-state index contributed by atoms with van der Waals surface area (Å²) in [5, 5.41) is 14.0. The summed E-state index contributed by atoms with van der Waals surface area (Å²) in [5.74, 6) is 1.04. The highest BCUT2D eigenvalue weighted by molar-refractivity contribution is 5.71. The molecule has 0 amide bonds. The van der Waals surface area contributed by atoms with Crippen LogP contribution in [-0.2, 0) is 0 Å². The van der Waals surface area contributed by atoms with Gasteiger partial charge in [-0.3, -0.25) is 10.1 Å². The summed E-state index contributed by atoms with van der Waals surface area (Å²) in [6, 6.07) is 10.8. The summed E-state index contributed by atoms with van der Waals surface area (Å²) in [4.78, 5) is 15.0. The second kappa shape index (κ2) is 5.69. The van der Waals surface area contributed by atoms with Crippen molar-refractivity contribution in [3.05, 3.63) is 52.1 Å². The van der Waals surface area contributed by atoms with Gasteiger partial charge in [0.2, 0.25) is 0 Å². The molecule has 0 bridgehead atoms. The molecule has 5 nitrogen and oxygen atoms in total. The van der Waals surface area contributed by atoms with Crippen molar-refractivity contribution in [2.24, 2.45) is 0 Å². The molecule has 0 atom stereocenters. The fourth-order valence-electron chi connectivity index (χ4n) is 1.98. The summed E-state index contributed by atoms with van der Waals surface area (Å²) < 4.78 is 0. The van der Waals surface area contributed by atoms with E-state index in [1.165, 1.54) is 11.6 Å². The number of pyridine rings is 1. The van der Waals surface area contributed by atoms with Crippen molar-refractivity contribution in [3.63, 3.8) is 0 Å². The topological polar surface area (TPSA) is 68.1 Å². The average Bonchev–Trinajstić information content (AvgIpc) is 2.46. The van der Waals surface area contributed by atoms with Crippen LogP contribution in [0.3, 0.4) is 0 Å². The van der Waals surface area contributed by atoms with Gasteiger partial charge in [0.05, 0.1) is 4.92 Å². The second-order valence-electron chi connectivity index (χ2n) is 4.85. The smallest absolute Gasteiger partial charge is 0.295 e. The van der Waals surface area contributed by atoms with Gasteiger partial charge in [-0.15, -0.1) is 0 Å². The van der Waals surface area contributed by atoms with Crippen molar-refractivity contribution >= 4 is 11.5 Å². The van der Waals surface area contributed by atoms with Gasteiger partial charge in [-0.05, 0) is 17.5 Å². The first-order valence-corrected chi connectivity index (χ1v) is 6.46. The highest BCUT2D eigenvalue weighted by Crippen LogP contribution is 2.30. The van der Waals surface area contributed by atoms with Crippen molar-refractivity contribution in [3.8, 4) is 11.3 Å². The molecule has 0 saturated carbocycles. The minimum Gasteiger partial charge on any atom is -0.373 e. The van der Waals surface area contributed by atoms with Crippen molar-refractivity contribution in [1.82, 2.24) is 4.98 Å². The highest BCUT2D eigenvalue weighted by atomic mass is 16.6. The Bertz CT molecular complexity index is 622. The second-order valence-corrected chi connectivity index (χ2v) is 4.85. The lowest BCUT2D eigenvalue weighted by molar-refractivity contribution is -0.384. The first kappa shape index (κ1) is 14.0. The number of hydrogen-bond donors (Lipinski definition) is 1. The van der Waals surface area contributed by atoms with E-state index in [9.17, 15) is 10.1 Å². The standard InChI is InChI=1S/C15H17N3O2/c1-10(2)11-4-6-12(7-5-11)15-13(18(19)20)8-9-14(16-3)17-15/h4-10H,1-3H3,(H,16,17). The van der Waals surface area contributed by atoms with Gasteiger partial charge < -0.3 is 5.32 Å². The Morgan fingerprint density at radius 1 is 1.15 bits per heavy atom. The third-order valence-corrected chi connectivity index (χ3v) is 3.18. The van der Waals surface area contributed by atoms with E-state index in [0.717, 1.165) is 5.56 Å². The number of anilines is 1. The molecule has 20 heavy (non-hydrogen) atoms. The summed E-state index contributed by atoms with van der Waals surface area (Å²) in [7, 11) is 1.74. The van der Waals surface area contributed by atoms with Crippen LogP contribution in [0.25, 0.3) is 11.3 Å². The Hall–Kier alpha value is -2.43. The van der Waals surface area contributed by atoms with Gasteiger partial charge in [0.15, 0.2) is 5.69 Å². The summed E-state index contributed by atoms with van der Waals surface area (Å²) in [5.41, 5.74) is 2.35. The Labute approximate surface area is 117 Å². The summed E-state index contributed by atoms with van der Waals surface area (Å²) >= 11 is 0. The van der Waals surface area contributed by atoms with Crippen LogP contribution in [-0.4, -0.2) is 17.0 Å². The van der Waals surface area contributed by atoms with Gasteiger partial charge in [0.1, 0.15) is 5.82 Å². The van der Waals surface area contributed by atoms with Crippen LogP contribution < -0.4 is 5.32 Å². The van der Waals surface area contributed by atoms with E-state index in [0.29, 0.717) is 17.4 Å². The van der Waals surface area contributed by atoms with Crippen LogP contribution in [0.15, 0.2) is 36.4 Å². The Kier molecular flexibility index (Phi) is 3.98. The third-order valence-electron chi connectivity index (χ3n) is 3.18. The average molecular weight is 271 g/mol. The van der Waals surface area contributed by atoms with E-state index in [-0.39, 0.29) is 5.69 Å². The number of nitrogens with zero attached hydrogens (tertiary/aromatic N) is 2. The Morgan fingerprint density at radius 3 is 2.30 bits per heavy atom. The van der Waals surface area contributed by atoms with Gasteiger partial charge in [-0.25, -0.2) is 4.98 Å². The highest BCUT2D eigenvalue weighted by Gasteiger charge is 2.17. The van der Waals surface area contributed by atoms with E-state index in [1.54, 1.807) is 13.1 Å². The largest absolute Gasteiger partial charge is 0.373 e. The van der Waals surface area contributed by atoms with Crippen LogP contribution in [0, 0.1) is 10.1 Å². The number of rotatable bonds is 4. The third kappa shape index (κ3) is 2.77. The quantitative estimate of drug-likeness (QED) is 0.678. The zero-order chi connectivity index (χ0) is 14.7. The molecule has 0 radical (unpaired) electrons. The Balaban J connectivity index is 2.52. The molecule has 1 N–H and O–H groups in total. The molecule has 104 valence electrons. The summed E-state index contributed by atoms with van der Waals surface area (Å²) in [6.07, 6.45) is 0. The van der Waals surface area contributed by atoms with Crippen molar-refractivity contribution < 1.29 is 4.92 Å². The predicted molar refractivity (Wildman–Crippen MR) is 80.0 cm³/mol. The van der Waals surface area contributed by atoms with E-state index in [2.05, 4.69) is 24.1 Å². The SMILES string of the molecule is CNc1ccc([N+](=O)[O-])c(-c2ccc(C(C)C)cc2)n1. The minimum absolute atomic E-state index is 0.0151. The molecule has 0 unspecified atom stereocenters. The van der Waals surface area contributed by atoms with Crippen molar-refractivity contribution in [2.45, 2.75) is 19.8 Å². The maximum Gasteiger partial charge on any atom is 0.295 e. The van der Waals surface area contributed by atoms with Crippen molar-refractivity contribution in [2.75, 3.05) is 12.4 Å². The van der Waals surface area contributed by atoms with Crippen LogP contribution in [0.4, 0.5) is 11.5 Å². The maximum absolute atomic E-state index is 11.1. The lowest BCUT2D eigenvalue weighted by atomic mass is 10.0. The molecule has 1 heterocycles. The first-order chi connectivity index (χ1) is 9.52. The molecule has 5 heteroatoms. The number of hydrogen-bond acceptors (Lipinski definition) is 4. The van der Waals surface area contributed by atoms with Crippen molar-refractivity contribution in [1.29, 1.82) is 0 Å². The van der Waals surface area contributed by atoms with Gasteiger partial charge in [-0.1, -0.05) is 38.1 Å². The van der Waals surface area contributed by atoms with E-state index < -0.39 is 4.92 Å². The molecule has 2 rings (SSSR count). The molecule has 0 spiro atoms. The van der Waals surface area contributed by atoms with Crippen LogP contribution in [0.2, 0.25) is 0 Å². The van der Waals surface area contributed by atoms with E-state index in [1.807, 2.05) is 24.3 Å². The summed E-state index contributed by atoms with van der Waals surface area (Å²) in [6.45, 7) is 4.22. The number of aromatic nitrogens is 1. The maximum atomic E-state index is 11.1. The lowest BCUT2D eigenvalue weighted by Crippen LogP contribution is -1.99. The number of nitro groups is 1. The van der Waals surface area contributed by atoms with Gasteiger partial charge in [-0.2, -0.15) is 0 Å². The fraction of sp³-hybridized carbons (Fsp3) is 0.267. The van der Waals surface area contributed by atoms with Crippen LogP contribution in [0.1, 0.15) is 25.3 Å². The molecule has 1 aromatic heterocycles. The van der Waals surface area contributed by atoms with Gasteiger partial charge >= 0.3 is 0 Å². The van der Waals surface area contributed by atoms with Gasteiger partial charge in [0.25, 0.3) is 5.69 Å². The monoisotopic (exact) mass is 271 g/mol. The normalized spacial score (nSPS) is 10.6. The van der Waals surface area contributed by atoms with Gasteiger partial charge in [0, 0.05) is 18.7 Å². The lowest BCUT2D eigenvalue weighted by Gasteiger charge is -2.08. The van der Waals surface area contributed by atoms with E-state index in [4.69, 9.17) is 0 Å². The zero-order valence-corrected chi connectivity index (χ0v) is 11.8. The number of benzene rings is 1. The van der Waals surface area contributed by atoms with Crippen LogP contribution >= 0.6 is 0 Å². The Morgan fingerprint density at radius 2 is 1.80 bits per heavy atom. The molecule has 0 aliphatic carbocycles. The molecule has 0 aliphatic rings. The fourth-order valence-corrected chi connectivity index (χ4v) is 1.98. The number of nitrogens with one attached hydrogen (secondary N) is 1.